The van der Waals surface area contributed by atoms with E-state index in [1.165, 1.54) is 0 Å². The number of urea groups is 1. The lowest BCUT2D eigenvalue weighted by Crippen LogP contribution is -2.34. The number of benzene rings is 1. The molecule has 5 heteroatoms. The highest BCUT2D eigenvalue weighted by molar-refractivity contribution is 5.88. The number of anilines is 1. The van der Waals surface area contributed by atoms with Crippen LogP contribution in [0.15, 0.2) is 24.3 Å². The second kappa shape index (κ2) is 5.21. The van der Waals surface area contributed by atoms with Crippen molar-refractivity contribution in [3.8, 4) is 0 Å². The number of nitrogens with one attached hydrogen (secondary N) is 2. The molecule has 0 heterocycles. The van der Waals surface area contributed by atoms with E-state index >= 15 is 0 Å². The average Bonchev–Trinajstić information content (AvgIpc) is 2.21. The molecule has 0 bridgehead atoms. The Labute approximate surface area is 81.9 Å². The molecule has 1 aromatic rings. The summed E-state index contributed by atoms with van der Waals surface area (Å²) >= 11 is 0. The number of aliphatic hydroxyl groups excluding tert-OH is 1. The van der Waals surface area contributed by atoms with Crippen LogP contribution in [0.4, 0.5) is 10.5 Å². The minimum Gasteiger partial charge on any atom is -0.396 e. The largest absolute Gasteiger partial charge is 0.396 e. The molecule has 5 nitrogen and oxygen atoms in total. The maximum Gasteiger partial charge on any atom is 0.333 e. The van der Waals surface area contributed by atoms with Crippen molar-refractivity contribution >= 4 is 11.7 Å². The molecule has 0 spiro atoms. The molecule has 0 saturated heterocycles. The highest BCUT2D eigenvalue weighted by Crippen LogP contribution is 2.09. The Morgan fingerprint density at radius 3 is 2.50 bits per heavy atom. The van der Waals surface area contributed by atoms with Gasteiger partial charge in [0, 0.05) is 12.3 Å². The van der Waals surface area contributed by atoms with Crippen LogP contribution in [0, 0.1) is 0 Å². The fraction of sp³-hybridized carbons (Fsp3) is 0.222. The van der Waals surface area contributed by atoms with Crippen LogP contribution in [0.5, 0.6) is 0 Å². The van der Waals surface area contributed by atoms with Crippen molar-refractivity contribution in [3.05, 3.63) is 29.8 Å². The maximum absolute atomic E-state index is 10.8. The van der Waals surface area contributed by atoms with Crippen LogP contribution in [0.1, 0.15) is 5.56 Å². The molecule has 0 radical (unpaired) electrons. The van der Waals surface area contributed by atoms with Gasteiger partial charge in [0.15, 0.2) is 0 Å². The van der Waals surface area contributed by atoms with Crippen LogP contribution in [0.2, 0.25) is 0 Å². The molecule has 0 saturated carbocycles. The first-order valence-electron chi connectivity index (χ1n) is 4.23. The van der Waals surface area contributed by atoms with Crippen LogP contribution in [-0.2, 0) is 6.42 Å². The topological polar surface area (TPSA) is 87.4 Å². The number of nitrogens with two attached hydrogens (primary N) is 1. The first-order valence-corrected chi connectivity index (χ1v) is 4.23. The van der Waals surface area contributed by atoms with Crippen molar-refractivity contribution in [3.63, 3.8) is 0 Å². The highest BCUT2D eigenvalue weighted by atomic mass is 16.3. The number of hydrazine groups is 1. The Morgan fingerprint density at radius 2 is 2.00 bits per heavy atom. The summed E-state index contributed by atoms with van der Waals surface area (Å²) in [6.45, 7) is 0.121. The van der Waals surface area contributed by atoms with E-state index in [9.17, 15) is 4.79 Å². The third-order valence-electron chi connectivity index (χ3n) is 1.74. The van der Waals surface area contributed by atoms with E-state index < -0.39 is 6.03 Å². The van der Waals surface area contributed by atoms with Gasteiger partial charge in [0.2, 0.25) is 0 Å². The van der Waals surface area contributed by atoms with Crippen LogP contribution in [0.3, 0.4) is 0 Å². The Kier molecular flexibility index (Phi) is 3.90. The summed E-state index contributed by atoms with van der Waals surface area (Å²) in [6, 6.07) is 6.71. The van der Waals surface area contributed by atoms with E-state index in [2.05, 4.69) is 5.32 Å². The van der Waals surface area contributed by atoms with Crippen molar-refractivity contribution in [2.24, 2.45) is 5.84 Å². The zero-order chi connectivity index (χ0) is 10.4. The summed E-state index contributed by atoms with van der Waals surface area (Å²) in [7, 11) is 0. The van der Waals surface area contributed by atoms with Gasteiger partial charge in [0.1, 0.15) is 0 Å². The molecule has 0 unspecified atom stereocenters. The third-order valence-corrected chi connectivity index (χ3v) is 1.74. The van der Waals surface area contributed by atoms with Gasteiger partial charge in [-0.3, -0.25) is 5.43 Å². The Balaban J connectivity index is 2.59. The van der Waals surface area contributed by atoms with Gasteiger partial charge in [-0.25, -0.2) is 10.6 Å². The van der Waals surface area contributed by atoms with E-state index in [1.54, 1.807) is 12.1 Å². The Hall–Kier alpha value is -1.59. The SMILES string of the molecule is NNC(=O)Nc1ccc(CCO)cc1. The monoisotopic (exact) mass is 195 g/mol. The van der Waals surface area contributed by atoms with Gasteiger partial charge < -0.3 is 10.4 Å². The lowest BCUT2D eigenvalue weighted by molar-refractivity contribution is 0.252. The predicted molar refractivity (Wildman–Crippen MR) is 53.6 cm³/mol. The van der Waals surface area contributed by atoms with E-state index in [0.29, 0.717) is 12.1 Å². The van der Waals surface area contributed by atoms with Crippen molar-refractivity contribution in [2.75, 3.05) is 11.9 Å². The molecule has 76 valence electrons. The molecular formula is C9H13N3O2. The summed E-state index contributed by atoms with van der Waals surface area (Å²) in [6.07, 6.45) is 0.614. The normalized spacial score (nSPS) is 9.57. The van der Waals surface area contributed by atoms with Gasteiger partial charge in [0.25, 0.3) is 0 Å². The number of aliphatic hydroxyl groups is 1. The Bertz CT molecular complexity index is 297. The first kappa shape index (κ1) is 10.5. The molecule has 5 N–H and O–H groups in total. The molecule has 0 aromatic heterocycles. The maximum atomic E-state index is 10.8. The molecule has 1 aromatic carbocycles. The van der Waals surface area contributed by atoms with E-state index in [0.717, 1.165) is 5.56 Å². The van der Waals surface area contributed by atoms with Crippen LogP contribution in [0.25, 0.3) is 0 Å². The predicted octanol–water partition coefficient (Wildman–Crippen LogP) is 0.217. The van der Waals surface area contributed by atoms with Gasteiger partial charge in [-0.05, 0) is 24.1 Å². The van der Waals surface area contributed by atoms with Crippen molar-refractivity contribution < 1.29 is 9.90 Å². The minimum absolute atomic E-state index is 0.121. The summed E-state index contributed by atoms with van der Waals surface area (Å²) in [5.41, 5.74) is 3.64. The van der Waals surface area contributed by atoms with Crippen LogP contribution >= 0.6 is 0 Å². The number of hydrogen-bond donors (Lipinski definition) is 4. The number of carbonyl (C=O) groups excluding carboxylic acids is 1. The molecule has 0 aliphatic carbocycles. The van der Waals surface area contributed by atoms with Gasteiger partial charge >= 0.3 is 6.03 Å². The summed E-state index contributed by atoms with van der Waals surface area (Å²) in [4.78, 5) is 10.8. The standard InChI is InChI=1S/C9H13N3O2/c10-12-9(14)11-8-3-1-7(2-4-8)5-6-13/h1-4,13H,5-6,10H2,(H2,11,12,14). The molecule has 1 rings (SSSR count). The zero-order valence-corrected chi connectivity index (χ0v) is 7.66. The first-order chi connectivity index (χ1) is 6.76. The Morgan fingerprint density at radius 1 is 1.36 bits per heavy atom. The van der Waals surface area contributed by atoms with Gasteiger partial charge in [-0.15, -0.1) is 0 Å². The average molecular weight is 195 g/mol. The number of carbonyl (C=O) groups is 1. The van der Waals surface area contributed by atoms with Gasteiger partial charge in [0.05, 0.1) is 0 Å². The number of amides is 2. The molecule has 2 amide bonds. The molecule has 14 heavy (non-hydrogen) atoms. The van der Waals surface area contributed by atoms with E-state index in [4.69, 9.17) is 10.9 Å². The van der Waals surface area contributed by atoms with Gasteiger partial charge in [-0.2, -0.15) is 0 Å². The zero-order valence-electron chi connectivity index (χ0n) is 7.66. The van der Waals surface area contributed by atoms with E-state index in [1.807, 2.05) is 17.6 Å². The molecule has 0 fully saturated rings. The molecule has 0 aliphatic rings. The summed E-state index contributed by atoms with van der Waals surface area (Å²) < 4.78 is 0. The second-order valence-corrected chi connectivity index (χ2v) is 2.77. The highest BCUT2D eigenvalue weighted by Gasteiger charge is 1.98. The van der Waals surface area contributed by atoms with Crippen molar-refractivity contribution in [1.29, 1.82) is 0 Å². The van der Waals surface area contributed by atoms with Gasteiger partial charge in [-0.1, -0.05) is 12.1 Å². The fourth-order valence-electron chi connectivity index (χ4n) is 1.05. The summed E-state index contributed by atoms with van der Waals surface area (Å²) in [5.74, 6) is 4.90. The summed E-state index contributed by atoms with van der Waals surface area (Å²) in [5, 5.41) is 11.2. The van der Waals surface area contributed by atoms with Crippen molar-refractivity contribution in [2.45, 2.75) is 6.42 Å². The quantitative estimate of drug-likeness (QED) is 0.316. The fourth-order valence-corrected chi connectivity index (χ4v) is 1.05. The molecule has 0 aliphatic heterocycles. The smallest absolute Gasteiger partial charge is 0.333 e. The van der Waals surface area contributed by atoms with Crippen molar-refractivity contribution in [1.82, 2.24) is 5.43 Å². The number of hydrogen-bond acceptors (Lipinski definition) is 3. The lowest BCUT2D eigenvalue weighted by atomic mass is 10.1. The molecular weight excluding hydrogens is 182 g/mol. The van der Waals surface area contributed by atoms with Crippen LogP contribution in [-0.4, -0.2) is 17.7 Å². The lowest BCUT2D eigenvalue weighted by Gasteiger charge is -2.04. The third kappa shape index (κ3) is 3.04. The van der Waals surface area contributed by atoms with E-state index in [-0.39, 0.29) is 6.61 Å². The second-order valence-electron chi connectivity index (χ2n) is 2.77. The number of rotatable bonds is 3. The van der Waals surface area contributed by atoms with Crippen LogP contribution < -0.4 is 16.6 Å². The minimum atomic E-state index is -0.458. The molecule has 0 atom stereocenters.